The van der Waals surface area contributed by atoms with Crippen molar-refractivity contribution in [2.75, 3.05) is 13.2 Å². The topological polar surface area (TPSA) is 64.7 Å². The Hall–Kier alpha value is -1.26. The summed E-state index contributed by atoms with van der Waals surface area (Å²) in [6.45, 7) is 0.519. The number of rotatable bonds is 2. The van der Waals surface area contributed by atoms with Gasteiger partial charge in [0.05, 0.1) is 0 Å². The smallest absolute Gasteiger partial charge is 0.161 e. The van der Waals surface area contributed by atoms with Crippen LogP contribution >= 0.6 is 0 Å². The molecule has 0 saturated carbocycles. The number of para-hydroxylation sites is 2. The van der Waals surface area contributed by atoms with Crippen LogP contribution in [0.25, 0.3) is 0 Å². The van der Waals surface area contributed by atoms with Gasteiger partial charge < -0.3 is 20.3 Å². The summed E-state index contributed by atoms with van der Waals surface area (Å²) in [6.07, 6.45) is -1.04. The summed E-state index contributed by atoms with van der Waals surface area (Å²) < 4.78 is 10.9. The van der Waals surface area contributed by atoms with Gasteiger partial charge in [-0.2, -0.15) is 0 Å². The fraction of sp³-hybridized carbons (Fsp3) is 0.400. The second-order valence-electron chi connectivity index (χ2n) is 3.22. The first-order valence-corrected chi connectivity index (χ1v) is 4.58. The number of aliphatic hydroxyl groups is 1. The molecule has 0 radical (unpaired) electrons. The molecule has 3 N–H and O–H groups in total. The third kappa shape index (κ3) is 1.66. The highest BCUT2D eigenvalue weighted by Gasteiger charge is 2.26. The minimum Gasteiger partial charge on any atom is -0.486 e. The van der Waals surface area contributed by atoms with Gasteiger partial charge in [-0.05, 0) is 12.1 Å². The SMILES string of the molecule is NC[C@@H](O)C1COc2ccccc2O1. The monoisotopic (exact) mass is 195 g/mol. The second-order valence-corrected chi connectivity index (χ2v) is 3.22. The van der Waals surface area contributed by atoms with Gasteiger partial charge >= 0.3 is 0 Å². The van der Waals surface area contributed by atoms with E-state index >= 15 is 0 Å². The molecule has 2 atom stereocenters. The number of ether oxygens (including phenoxy) is 2. The van der Waals surface area contributed by atoms with E-state index in [0.29, 0.717) is 18.1 Å². The molecule has 1 aliphatic rings. The Morgan fingerprint density at radius 3 is 2.86 bits per heavy atom. The van der Waals surface area contributed by atoms with Crippen molar-refractivity contribution in [3.05, 3.63) is 24.3 Å². The molecule has 0 fully saturated rings. The zero-order valence-electron chi connectivity index (χ0n) is 7.72. The van der Waals surface area contributed by atoms with Crippen LogP contribution in [0.1, 0.15) is 0 Å². The van der Waals surface area contributed by atoms with Crippen molar-refractivity contribution in [2.24, 2.45) is 5.73 Å². The van der Waals surface area contributed by atoms with E-state index in [2.05, 4.69) is 0 Å². The molecule has 0 saturated heterocycles. The molecule has 4 nitrogen and oxygen atoms in total. The molecule has 1 aromatic rings. The Balaban J connectivity index is 2.13. The minimum atomic E-state index is -0.677. The number of aliphatic hydroxyl groups excluding tert-OH is 1. The molecule has 0 amide bonds. The molecule has 1 unspecified atom stereocenters. The van der Waals surface area contributed by atoms with Crippen LogP contribution in [0.2, 0.25) is 0 Å². The predicted octanol–water partition coefficient (Wildman–Crippen LogP) is 0.146. The molecule has 14 heavy (non-hydrogen) atoms. The van der Waals surface area contributed by atoms with Gasteiger partial charge in [-0.15, -0.1) is 0 Å². The van der Waals surface area contributed by atoms with Gasteiger partial charge in [0.15, 0.2) is 17.6 Å². The lowest BCUT2D eigenvalue weighted by Gasteiger charge is -2.28. The highest BCUT2D eigenvalue weighted by Crippen LogP contribution is 2.31. The zero-order valence-corrected chi connectivity index (χ0v) is 7.72. The van der Waals surface area contributed by atoms with Gasteiger partial charge in [-0.25, -0.2) is 0 Å². The number of hydrogen-bond acceptors (Lipinski definition) is 4. The summed E-state index contributed by atoms with van der Waals surface area (Å²) in [5, 5.41) is 9.48. The van der Waals surface area contributed by atoms with Crippen LogP contribution in [0.3, 0.4) is 0 Å². The van der Waals surface area contributed by atoms with Gasteiger partial charge in [0.2, 0.25) is 0 Å². The van der Waals surface area contributed by atoms with E-state index in [0.717, 1.165) is 0 Å². The van der Waals surface area contributed by atoms with Crippen molar-refractivity contribution >= 4 is 0 Å². The molecule has 0 spiro atoms. The van der Waals surface area contributed by atoms with Crippen LogP contribution in [-0.4, -0.2) is 30.5 Å². The van der Waals surface area contributed by atoms with Gasteiger partial charge in [-0.3, -0.25) is 0 Å². The highest BCUT2D eigenvalue weighted by atomic mass is 16.6. The summed E-state index contributed by atoms with van der Waals surface area (Å²) in [5.74, 6) is 1.38. The maximum atomic E-state index is 9.48. The van der Waals surface area contributed by atoms with E-state index in [1.54, 1.807) is 0 Å². The Bertz CT molecular complexity index is 316. The molecule has 0 bridgehead atoms. The van der Waals surface area contributed by atoms with Gasteiger partial charge in [0, 0.05) is 6.54 Å². The lowest BCUT2D eigenvalue weighted by atomic mass is 10.2. The Morgan fingerprint density at radius 1 is 1.43 bits per heavy atom. The van der Waals surface area contributed by atoms with E-state index in [1.165, 1.54) is 0 Å². The molecule has 1 aliphatic heterocycles. The zero-order chi connectivity index (χ0) is 9.97. The fourth-order valence-corrected chi connectivity index (χ4v) is 1.38. The van der Waals surface area contributed by atoms with Gasteiger partial charge in [0.25, 0.3) is 0 Å². The lowest BCUT2D eigenvalue weighted by Crippen LogP contribution is -2.43. The Morgan fingerprint density at radius 2 is 2.14 bits per heavy atom. The molecule has 0 aromatic heterocycles. The maximum absolute atomic E-state index is 9.48. The van der Waals surface area contributed by atoms with Crippen molar-refractivity contribution in [1.29, 1.82) is 0 Å². The first kappa shape index (κ1) is 9.30. The fourth-order valence-electron chi connectivity index (χ4n) is 1.38. The molecular formula is C10H13NO3. The standard InChI is InChI=1S/C10H13NO3/c11-5-7(12)10-6-13-8-3-1-2-4-9(8)14-10/h1-4,7,10,12H,5-6,11H2/t7-,10?/m1/s1. The number of benzene rings is 1. The van der Waals surface area contributed by atoms with E-state index in [1.807, 2.05) is 24.3 Å². The number of fused-ring (bicyclic) bond motifs is 1. The van der Waals surface area contributed by atoms with Crippen LogP contribution < -0.4 is 15.2 Å². The second kappa shape index (κ2) is 3.86. The summed E-state index contributed by atoms with van der Waals surface area (Å²) in [7, 11) is 0. The van der Waals surface area contributed by atoms with Crippen molar-refractivity contribution in [3.8, 4) is 11.5 Å². The van der Waals surface area contributed by atoms with Crippen molar-refractivity contribution in [1.82, 2.24) is 0 Å². The van der Waals surface area contributed by atoms with Crippen LogP contribution in [0, 0.1) is 0 Å². The van der Waals surface area contributed by atoms with Crippen molar-refractivity contribution < 1.29 is 14.6 Å². The van der Waals surface area contributed by atoms with Crippen LogP contribution in [0.5, 0.6) is 11.5 Å². The average Bonchev–Trinajstić information content (AvgIpc) is 2.27. The predicted molar refractivity (Wildman–Crippen MR) is 51.4 cm³/mol. The first-order valence-electron chi connectivity index (χ1n) is 4.58. The highest BCUT2D eigenvalue weighted by molar-refractivity contribution is 5.40. The Labute approximate surface area is 82.2 Å². The molecular weight excluding hydrogens is 182 g/mol. The third-order valence-corrected chi connectivity index (χ3v) is 2.20. The molecule has 2 rings (SSSR count). The Kier molecular flexibility index (Phi) is 2.56. The first-order chi connectivity index (χ1) is 6.81. The van der Waals surface area contributed by atoms with Crippen molar-refractivity contribution in [2.45, 2.75) is 12.2 Å². The molecule has 0 aliphatic carbocycles. The van der Waals surface area contributed by atoms with Crippen LogP contribution in [0.15, 0.2) is 24.3 Å². The molecule has 76 valence electrons. The summed E-state index contributed by atoms with van der Waals surface area (Å²) in [6, 6.07) is 7.38. The van der Waals surface area contributed by atoms with Gasteiger partial charge in [0.1, 0.15) is 12.7 Å². The maximum Gasteiger partial charge on any atom is 0.161 e. The lowest BCUT2D eigenvalue weighted by molar-refractivity contribution is -0.00530. The molecule has 4 heteroatoms. The largest absolute Gasteiger partial charge is 0.486 e. The normalized spacial score (nSPS) is 21.7. The number of nitrogens with two attached hydrogens (primary N) is 1. The number of hydrogen-bond donors (Lipinski definition) is 2. The van der Waals surface area contributed by atoms with Crippen LogP contribution in [0.4, 0.5) is 0 Å². The van der Waals surface area contributed by atoms with Gasteiger partial charge in [-0.1, -0.05) is 12.1 Å². The summed E-state index contributed by atoms with van der Waals surface area (Å²) >= 11 is 0. The molecule has 1 aromatic carbocycles. The quantitative estimate of drug-likeness (QED) is 0.704. The summed E-state index contributed by atoms with van der Waals surface area (Å²) in [4.78, 5) is 0. The van der Waals surface area contributed by atoms with E-state index in [4.69, 9.17) is 15.2 Å². The van der Waals surface area contributed by atoms with Crippen molar-refractivity contribution in [3.63, 3.8) is 0 Å². The average molecular weight is 195 g/mol. The van der Waals surface area contributed by atoms with Crippen LogP contribution in [-0.2, 0) is 0 Å². The molecule has 1 heterocycles. The summed E-state index contributed by atoms with van der Waals surface area (Å²) in [5.41, 5.74) is 5.34. The van der Waals surface area contributed by atoms with E-state index in [9.17, 15) is 5.11 Å². The third-order valence-electron chi connectivity index (χ3n) is 2.20. The van der Waals surface area contributed by atoms with E-state index < -0.39 is 6.10 Å². The van der Waals surface area contributed by atoms with E-state index in [-0.39, 0.29) is 12.6 Å². The minimum absolute atomic E-state index is 0.177.